The maximum absolute atomic E-state index is 14.7. The molecule has 41 heavy (non-hydrogen) atoms. The van der Waals surface area contributed by atoms with Crippen molar-refractivity contribution in [1.29, 1.82) is 0 Å². The minimum atomic E-state index is -3.55. The number of piperidine rings is 1. The van der Waals surface area contributed by atoms with E-state index in [-0.39, 0.29) is 30.7 Å². The van der Waals surface area contributed by atoms with E-state index in [1.165, 1.54) is 0 Å². The summed E-state index contributed by atoms with van der Waals surface area (Å²) in [5.74, 6) is -1.39. The molecule has 1 heterocycles. The molecule has 2 saturated carbocycles. The number of halogens is 2. The van der Waals surface area contributed by atoms with E-state index < -0.39 is 38.7 Å². The van der Waals surface area contributed by atoms with Crippen LogP contribution in [-0.2, 0) is 19.6 Å². The Balaban J connectivity index is 1.63. The third-order valence-electron chi connectivity index (χ3n) is 9.39. The molecule has 1 aliphatic heterocycles. The monoisotopic (exact) mass is 620 g/mol. The second-order valence-corrected chi connectivity index (χ2v) is 14.9. The van der Waals surface area contributed by atoms with Gasteiger partial charge in [-0.1, -0.05) is 67.2 Å². The number of carbonyl (C=O) groups is 2. The molecule has 7 nitrogen and oxygen atoms in total. The molecule has 222 valence electrons. The number of aliphatic carboxylic acids is 1. The van der Waals surface area contributed by atoms with Crippen LogP contribution in [-0.4, -0.2) is 48.1 Å². The Morgan fingerprint density at radius 1 is 1.05 bits per heavy atom. The summed E-state index contributed by atoms with van der Waals surface area (Å²) in [5, 5.41) is 10.7. The molecule has 0 spiro atoms. The topological polar surface area (TPSA) is 104 Å². The number of nitrogens with zero attached hydrogens (tertiary/aromatic N) is 1. The molecule has 0 bridgehead atoms. The first-order valence-corrected chi connectivity index (χ1v) is 16.9. The Labute approximate surface area is 252 Å². The van der Waals surface area contributed by atoms with Crippen molar-refractivity contribution in [2.45, 2.75) is 88.0 Å². The summed E-state index contributed by atoms with van der Waals surface area (Å²) in [6.45, 7) is 1.97. The SMILES string of the molecule is CC[C@]1(CC(=O)O)CC(c2cccc(Cl)c2)[C@@H](c2ccc(Cl)cc2)N([C@H](CNS(=O)(=O)C2CCCC2)C2CC2)C1=O. The van der Waals surface area contributed by atoms with E-state index >= 15 is 0 Å². The highest BCUT2D eigenvalue weighted by atomic mass is 35.5. The van der Waals surface area contributed by atoms with Crippen molar-refractivity contribution < 1.29 is 23.1 Å². The molecule has 10 heteroatoms. The fourth-order valence-corrected chi connectivity index (χ4v) is 8.93. The van der Waals surface area contributed by atoms with Crippen LogP contribution < -0.4 is 4.72 Å². The van der Waals surface area contributed by atoms with Gasteiger partial charge in [0, 0.05) is 28.5 Å². The van der Waals surface area contributed by atoms with Crippen LogP contribution in [0.5, 0.6) is 0 Å². The fourth-order valence-electron chi connectivity index (χ4n) is 7.01. The van der Waals surface area contributed by atoms with E-state index in [4.69, 9.17) is 23.2 Å². The van der Waals surface area contributed by atoms with E-state index in [0.717, 1.165) is 36.8 Å². The Hall–Kier alpha value is -2.13. The van der Waals surface area contributed by atoms with Crippen LogP contribution in [0.25, 0.3) is 0 Å². The largest absolute Gasteiger partial charge is 0.481 e. The molecule has 0 radical (unpaired) electrons. The van der Waals surface area contributed by atoms with Gasteiger partial charge in [0.05, 0.1) is 23.1 Å². The molecule has 2 N–H and O–H groups in total. The van der Waals surface area contributed by atoms with Gasteiger partial charge in [-0.3, -0.25) is 9.59 Å². The van der Waals surface area contributed by atoms with Crippen molar-refractivity contribution in [2.75, 3.05) is 6.54 Å². The maximum atomic E-state index is 14.7. The third-order valence-corrected chi connectivity index (χ3v) is 11.8. The van der Waals surface area contributed by atoms with Crippen molar-refractivity contribution in [1.82, 2.24) is 9.62 Å². The van der Waals surface area contributed by atoms with E-state index in [9.17, 15) is 23.1 Å². The molecule has 5 rings (SSSR count). The molecule has 3 aliphatic rings. The van der Waals surface area contributed by atoms with Crippen molar-refractivity contribution in [3.63, 3.8) is 0 Å². The van der Waals surface area contributed by atoms with Gasteiger partial charge in [-0.25, -0.2) is 13.1 Å². The highest BCUT2D eigenvalue weighted by Crippen LogP contribution is 2.55. The standard InChI is InChI=1S/C31H38Cl2N2O5S/c1-2-31(18-28(36)37)17-26(22-6-5-7-24(33)16-22)29(21-12-14-23(32)15-13-21)35(30(31)38)27(20-10-11-20)19-34-41(39,40)25-8-3-4-9-25/h5-7,12-16,20,25-27,29,34H,2-4,8-11,17-19H2,1H3,(H,36,37)/t26?,27-,29-,31-/m1/s1. The highest BCUT2D eigenvalue weighted by Gasteiger charge is 2.55. The molecular weight excluding hydrogens is 583 g/mol. The first-order chi connectivity index (χ1) is 19.5. The fraction of sp³-hybridized carbons (Fsp3) is 0.548. The normalized spacial score (nSPS) is 26.3. The van der Waals surface area contributed by atoms with Crippen LogP contribution in [0.1, 0.15) is 87.8 Å². The molecule has 1 saturated heterocycles. The second kappa shape index (κ2) is 12.2. The van der Waals surface area contributed by atoms with Crippen LogP contribution in [0, 0.1) is 11.3 Å². The predicted molar refractivity (Wildman–Crippen MR) is 161 cm³/mol. The van der Waals surface area contributed by atoms with E-state index in [0.29, 0.717) is 35.7 Å². The Bertz CT molecular complexity index is 1380. The van der Waals surface area contributed by atoms with Gasteiger partial charge in [0.1, 0.15) is 0 Å². The van der Waals surface area contributed by atoms with Gasteiger partial charge in [-0.05, 0) is 79.8 Å². The van der Waals surface area contributed by atoms with Crippen LogP contribution in [0.3, 0.4) is 0 Å². The third kappa shape index (κ3) is 6.46. The van der Waals surface area contributed by atoms with Gasteiger partial charge in [0.25, 0.3) is 0 Å². The number of likely N-dealkylation sites (tertiary alicyclic amines) is 1. The predicted octanol–water partition coefficient (Wildman–Crippen LogP) is 6.56. The summed E-state index contributed by atoms with van der Waals surface area (Å²) >= 11 is 12.7. The number of carboxylic acids is 1. The lowest BCUT2D eigenvalue weighted by Crippen LogP contribution is -2.59. The molecule has 1 amide bonds. The first kappa shape index (κ1) is 30.3. The maximum Gasteiger partial charge on any atom is 0.304 e. The molecule has 3 fully saturated rings. The highest BCUT2D eigenvalue weighted by molar-refractivity contribution is 7.90. The van der Waals surface area contributed by atoms with Crippen LogP contribution in [0.2, 0.25) is 10.0 Å². The summed E-state index contributed by atoms with van der Waals surface area (Å²) < 4.78 is 29.4. The average Bonchev–Trinajstić information content (AvgIpc) is 3.61. The molecular formula is C31H38Cl2N2O5S. The summed E-state index contributed by atoms with van der Waals surface area (Å²) in [7, 11) is -3.55. The quantitative estimate of drug-likeness (QED) is 0.296. The van der Waals surface area contributed by atoms with Gasteiger partial charge in [-0.2, -0.15) is 0 Å². The summed E-state index contributed by atoms with van der Waals surface area (Å²) in [5.41, 5.74) is 0.649. The number of rotatable bonds is 11. The summed E-state index contributed by atoms with van der Waals surface area (Å²) in [4.78, 5) is 28.7. The molecule has 2 aliphatic carbocycles. The number of sulfonamides is 1. The van der Waals surface area contributed by atoms with Crippen molar-refractivity contribution in [3.8, 4) is 0 Å². The number of benzene rings is 2. The number of nitrogens with one attached hydrogen (secondary N) is 1. The number of hydrogen-bond donors (Lipinski definition) is 2. The Kier molecular flexibility index (Phi) is 9.05. The summed E-state index contributed by atoms with van der Waals surface area (Å²) in [6, 6.07) is 14.1. The number of carbonyl (C=O) groups excluding carboxylic acids is 1. The zero-order valence-electron chi connectivity index (χ0n) is 23.3. The molecule has 2 aromatic rings. The van der Waals surface area contributed by atoms with Crippen molar-refractivity contribution >= 4 is 45.1 Å². The Morgan fingerprint density at radius 3 is 2.32 bits per heavy atom. The van der Waals surface area contributed by atoms with Crippen molar-refractivity contribution in [3.05, 3.63) is 69.7 Å². The zero-order chi connectivity index (χ0) is 29.4. The average molecular weight is 622 g/mol. The number of amides is 1. The Morgan fingerprint density at radius 2 is 1.73 bits per heavy atom. The van der Waals surface area contributed by atoms with E-state index in [2.05, 4.69) is 4.72 Å². The van der Waals surface area contributed by atoms with Gasteiger partial charge in [0.15, 0.2) is 0 Å². The van der Waals surface area contributed by atoms with E-state index in [1.807, 2.05) is 42.2 Å². The number of carboxylic acid groups (broad SMARTS) is 1. The second-order valence-electron chi connectivity index (χ2n) is 12.0. The smallest absolute Gasteiger partial charge is 0.304 e. The van der Waals surface area contributed by atoms with Crippen LogP contribution in [0.4, 0.5) is 0 Å². The van der Waals surface area contributed by atoms with Gasteiger partial charge >= 0.3 is 5.97 Å². The van der Waals surface area contributed by atoms with Crippen LogP contribution >= 0.6 is 23.2 Å². The van der Waals surface area contributed by atoms with E-state index in [1.54, 1.807) is 18.2 Å². The molecule has 2 aromatic carbocycles. The summed E-state index contributed by atoms with van der Waals surface area (Å²) in [6.07, 6.45) is 5.25. The van der Waals surface area contributed by atoms with Gasteiger partial charge in [0.2, 0.25) is 15.9 Å². The van der Waals surface area contributed by atoms with Gasteiger partial charge < -0.3 is 10.0 Å². The number of hydrogen-bond acceptors (Lipinski definition) is 4. The van der Waals surface area contributed by atoms with Gasteiger partial charge in [-0.15, -0.1) is 0 Å². The lowest BCUT2D eigenvalue weighted by Gasteiger charge is -2.53. The molecule has 1 unspecified atom stereocenters. The lowest BCUT2D eigenvalue weighted by molar-refractivity contribution is -0.162. The first-order valence-electron chi connectivity index (χ1n) is 14.6. The van der Waals surface area contributed by atoms with Crippen molar-refractivity contribution in [2.24, 2.45) is 11.3 Å². The lowest BCUT2D eigenvalue weighted by atomic mass is 9.64. The molecule has 0 aromatic heterocycles. The van der Waals surface area contributed by atoms with Crippen LogP contribution in [0.15, 0.2) is 48.5 Å². The minimum Gasteiger partial charge on any atom is -0.481 e. The minimum absolute atomic E-state index is 0.106. The molecule has 4 atom stereocenters. The zero-order valence-corrected chi connectivity index (χ0v) is 25.6.